The summed E-state index contributed by atoms with van der Waals surface area (Å²) in [6.07, 6.45) is 1.12. The van der Waals surface area contributed by atoms with Crippen LogP contribution in [0.5, 0.6) is 11.5 Å². The van der Waals surface area contributed by atoms with Crippen LogP contribution in [0.3, 0.4) is 0 Å². The molecule has 21 heavy (non-hydrogen) atoms. The van der Waals surface area contributed by atoms with Gasteiger partial charge in [-0.05, 0) is 44.7 Å². The molecular weight excluding hydrogens is 262 g/mol. The second-order valence-corrected chi connectivity index (χ2v) is 7.28. The van der Waals surface area contributed by atoms with Gasteiger partial charge in [-0.3, -0.25) is 0 Å². The first-order valence-electron chi connectivity index (χ1n) is 7.83. The molecule has 0 aliphatic heterocycles. The van der Waals surface area contributed by atoms with E-state index in [0.717, 1.165) is 24.5 Å². The molecule has 1 aromatic rings. The number of nitrogens with one attached hydrogen (secondary N) is 1. The van der Waals surface area contributed by atoms with Gasteiger partial charge in [-0.2, -0.15) is 0 Å². The van der Waals surface area contributed by atoms with Crippen LogP contribution in [0.1, 0.15) is 48.0 Å². The minimum Gasteiger partial charge on any atom is -0.490 e. The summed E-state index contributed by atoms with van der Waals surface area (Å²) >= 11 is 0. The summed E-state index contributed by atoms with van der Waals surface area (Å²) in [6, 6.07) is 7.82. The normalized spacial score (nSPS) is 12.3. The maximum absolute atomic E-state index is 5.83. The number of para-hydroxylation sites is 2. The first-order valence-corrected chi connectivity index (χ1v) is 7.83. The third kappa shape index (κ3) is 7.37. The molecule has 0 atom stereocenters. The maximum Gasteiger partial charge on any atom is 0.161 e. The number of hydrogen-bond acceptors (Lipinski definition) is 3. The molecular formula is C18H31NO2. The van der Waals surface area contributed by atoms with Gasteiger partial charge >= 0.3 is 0 Å². The van der Waals surface area contributed by atoms with Gasteiger partial charge in [0.1, 0.15) is 6.61 Å². The Morgan fingerprint density at radius 1 is 0.952 bits per heavy atom. The van der Waals surface area contributed by atoms with Crippen molar-refractivity contribution >= 4 is 0 Å². The van der Waals surface area contributed by atoms with Gasteiger partial charge in [0, 0.05) is 12.1 Å². The molecule has 3 nitrogen and oxygen atoms in total. The monoisotopic (exact) mass is 293 g/mol. The molecule has 1 N–H and O–H groups in total. The molecule has 0 spiro atoms. The Morgan fingerprint density at radius 3 is 2.05 bits per heavy atom. The average molecular weight is 293 g/mol. The van der Waals surface area contributed by atoms with Gasteiger partial charge < -0.3 is 14.8 Å². The van der Waals surface area contributed by atoms with Crippen LogP contribution < -0.4 is 14.8 Å². The maximum atomic E-state index is 5.83. The number of benzene rings is 1. The Bertz CT molecular complexity index is 421. The van der Waals surface area contributed by atoms with Gasteiger partial charge in [0.2, 0.25) is 0 Å². The number of ether oxygens (including phenoxy) is 2. The molecule has 0 saturated carbocycles. The van der Waals surface area contributed by atoms with Crippen molar-refractivity contribution in [3.63, 3.8) is 0 Å². The van der Waals surface area contributed by atoms with Crippen molar-refractivity contribution in [2.24, 2.45) is 5.41 Å². The van der Waals surface area contributed by atoms with Crippen LogP contribution in [-0.2, 0) is 0 Å². The molecule has 0 heterocycles. The molecule has 0 unspecified atom stereocenters. The molecule has 0 amide bonds. The lowest BCUT2D eigenvalue weighted by Crippen LogP contribution is -2.44. The molecule has 3 heteroatoms. The predicted molar refractivity (Wildman–Crippen MR) is 89.3 cm³/mol. The molecule has 0 aromatic heterocycles. The van der Waals surface area contributed by atoms with Crippen LogP contribution in [0.2, 0.25) is 0 Å². The fourth-order valence-electron chi connectivity index (χ4n) is 2.78. The van der Waals surface area contributed by atoms with Crippen molar-refractivity contribution < 1.29 is 9.47 Å². The summed E-state index contributed by atoms with van der Waals surface area (Å²) < 4.78 is 11.4. The Morgan fingerprint density at radius 2 is 1.52 bits per heavy atom. The Balaban J connectivity index is 2.40. The van der Waals surface area contributed by atoms with Crippen LogP contribution in [0, 0.1) is 5.41 Å². The lowest BCUT2D eigenvalue weighted by Gasteiger charge is -2.33. The third-order valence-electron chi connectivity index (χ3n) is 3.08. The molecule has 0 aliphatic rings. The first-order chi connectivity index (χ1) is 9.73. The highest BCUT2D eigenvalue weighted by atomic mass is 16.5. The summed E-state index contributed by atoms with van der Waals surface area (Å²) in [5, 5.41) is 3.57. The summed E-state index contributed by atoms with van der Waals surface area (Å²) in [4.78, 5) is 0. The summed E-state index contributed by atoms with van der Waals surface area (Å²) in [5.41, 5.74) is 0.431. The van der Waals surface area contributed by atoms with Crippen LogP contribution >= 0.6 is 0 Å². The fraction of sp³-hybridized carbons (Fsp3) is 0.667. The van der Waals surface area contributed by atoms with Crippen LogP contribution in [-0.4, -0.2) is 25.3 Å². The van der Waals surface area contributed by atoms with Gasteiger partial charge in [0.05, 0.1) is 6.61 Å². The number of rotatable bonds is 8. The highest BCUT2D eigenvalue weighted by Gasteiger charge is 2.24. The molecule has 0 radical (unpaired) electrons. The Kier molecular flexibility index (Phi) is 6.53. The van der Waals surface area contributed by atoms with Crippen molar-refractivity contribution in [3.8, 4) is 11.5 Å². The zero-order valence-corrected chi connectivity index (χ0v) is 14.5. The molecule has 1 aromatic carbocycles. The van der Waals surface area contributed by atoms with Gasteiger partial charge in [-0.25, -0.2) is 0 Å². The molecule has 0 aliphatic carbocycles. The average Bonchev–Trinajstić information content (AvgIpc) is 2.34. The first kappa shape index (κ1) is 17.8. The summed E-state index contributed by atoms with van der Waals surface area (Å²) in [6.45, 7) is 15.4. The van der Waals surface area contributed by atoms with Crippen LogP contribution in [0.15, 0.2) is 24.3 Å². The van der Waals surface area contributed by atoms with E-state index in [9.17, 15) is 0 Å². The quantitative estimate of drug-likeness (QED) is 0.726. The van der Waals surface area contributed by atoms with Crippen molar-refractivity contribution in [2.75, 3.05) is 19.8 Å². The van der Waals surface area contributed by atoms with Crippen molar-refractivity contribution in [3.05, 3.63) is 24.3 Å². The van der Waals surface area contributed by atoms with Crippen molar-refractivity contribution in [1.82, 2.24) is 5.32 Å². The van der Waals surface area contributed by atoms with Crippen LogP contribution in [0.4, 0.5) is 0 Å². The molecule has 1 rings (SSSR count). The standard InChI is InChI=1S/C18H31NO2/c1-7-20-15-10-8-9-11-16(15)21-13-12-19-18(5,6)14-17(2,3)4/h8-11,19H,7,12-14H2,1-6H3. The van der Waals surface area contributed by atoms with E-state index in [-0.39, 0.29) is 5.54 Å². The highest BCUT2D eigenvalue weighted by Crippen LogP contribution is 2.27. The zero-order valence-electron chi connectivity index (χ0n) is 14.5. The Hall–Kier alpha value is -1.22. The van der Waals surface area contributed by atoms with Crippen LogP contribution in [0.25, 0.3) is 0 Å². The van der Waals surface area contributed by atoms with Crippen molar-refractivity contribution in [2.45, 2.75) is 53.5 Å². The highest BCUT2D eigenvalue weighted by molar-refractivity contribution is 5.39. The largest absolute Gasteiger partial charge is 0.490 e. The molecule has 0 bridgehead atoms. The molecule has 0 saturated heterocycles. The van der Waals surface area contributed by atoms with Gasteiger partial charge in [-0.15, -0.1) is 0 Å². The third-order valence-corrected chi connectivity index (χ3v) is 3.08. The van der Waals surface area contributed by atoms with E-state index in [0.29, 0.717) is 18.6 Å². The van der Waals surface area contributed by atoms with E-state index in [1.807, 2.05) is 31.2 Å². The van der Waals surface area contributed by atoms with E-state index in [1.54, 1.807) is 0 Å². The lowest BCUT2D eigenvalue weighted by atomic mass is 9.82. The second-order valence-electron chi connectivity index (χ2n) is 7.28. The zero-order chi connectivity index (χ0) is 15.9. The van der Waals surface area contributed by atoms with E-state index >= 15 is 0 Å². The summed E-state index contributed by atoms with van der Waals surface area (Å²) in [5.74, 6) is 1.63. The molecule has 120 valence electrons. The minimum atomic E-state index is 0.112. The second kappa shape index (κ2) is 7.69. The topological polar surface area (TPSA) is 30.5 Å². The van der Waals surface area contributed by atoms with E-state index in [2.05, 4.69) is 39.9 Å². The van der Waals surface area contributed by atoms with Gasteiger partial charge in [0.25, 0.3) is 0 Å². The minimum absolute atomic E-state index is 0.112. The van der Waals surface area contributed by atoms with E-state index in [1.165, 1.54) is 0 Å². The SMILES string of the molecule is CCOc1ccccc1OCCNC(C)(C)CC(C)(C)C. The Labute approximate surface area is 130 Å². The number of hydrogen-bond donors (Lipinski definition) is 1. The fourth-order valence-corrected chi connectivity index (χ4v) is 2.78. The van der Waals surface area contributed by atoms with E-state index < -0.39 is 0 Å². The smallest absolute Gasteiger partial charge is 0.161 e. The predicted octanol–water partition coefficient (Wildman–Crippen LogP) is 4.27. The van der Waals surface area contributed by atoms with Crippen molar-refractivity contribution in [1.29, 1.82) is 0 Å². The lowest BCUT2D eigenvalue weighted by molar-refractivity contribution is 0.219. The van der Waals surface area contributed by atoms with Gasteiger partial charge in [-0.1, -0.05) is 32.9 Å². The van der Waals surface area contributed by atoms with Gasteiger partial charge in [0.15, 0.2) is 11.5 Å². The molecule has 0 fully saturated rings. The van der Waals surface area contributed by atoms with E-state index in [4.69, 9.17) is 9.47 Å². The summed E-state index contributed by atoms with van der Waals surface area (Å²) in [7, 11) is 0.